The van der Waals surface area contributed by atoms with Gasteiger partial charge in [-0.1, -0.05) is 0 Å². The van der Waals surface area contributed by atoms with Gasteiger partial charge in [0.05, 0.1) is 13.5 Å². The van der Waals surface area contributed by atoms with Crippen molar-refractivity contribution in [2.75, 3.05) is 7.11 Å². The first-order chi connectivity index (χ1) is 8.01. The number of carbonyl (C=O) groups excluding carboxylic acids is 1. The SMILES string of the molecule is COC(=O)Cc1c(C(F)F)ncc(I)c1CCl. The van der Waals surface area contributed by atoms with E-state index in [0.29, 0.717) is 9.13 Å². The molecule has 1 rings (SSSR count). The molecule has 0 aliphatic rings. The number of hydrogen-bond acceptors (Lipinski definition) is 3. The molecular formula is C10H9ClF2INO2. The zero-order valence-electron chi connectivity index (χ0n) is 8.84. The summed E-state index contributed by atoms with van der Waals surface area (Å²) in [5.41, 5.74) is 0.253. The molecular weight excluding hydrogens is 366 g/mol. The standard InChI is InChI=1S/C10H9ClF2INO2/c1-17-8(16)2-5-6(3-11)7(14)4-15-9(5)10(12)13/h4,10H,2-3H2,1H3. The first-order valence-corrected chi connectivity index (χ1v) is 6.19. The van der Waals surface area contributed by atoms with Gasteiger partial charge in [-0.2, -0.15) is 0 Å². The van der Waals surface area contributed by atoms with Crippen LogP contribution in [0, 0.1) is 3.57 Å². The summed E-state index contributed by atoms with van der Waals surface area (Å²) in [6, 6.07) is 0. The van der Waals surface area contributed by atoms with E-state index in [0.717, 1.165) is 0 Å². The highest BCUT2D eigenvalue weighted by molar-refractivity contribution is 14.1. The second kappa shape index (κ2) is 6.44. The van der Waals surface area contributed by atoms with Gasteiger partial charge in [-0.3, -0.25) is 9.78 Å². The van der Waals surface area contributed by atoms with Crippen LogP contribution in [-0.4, -0.2) is 18.1 Å². The van der Waals surface area contributed by atoms with Crippen LogP contribution in [0.15, 0.2) is 6.20 Å². The number of pyridine rings is 1. The predicted molar refractivity (Wildman–Crippen MR) is 67.2 cm³/mol. The second-order valence-electron chi connectivity index (χ2n) is 3.14. The molecule has 0 unspecified atom stereocenters. The smallest absolute Gasteiger partial charge is 0.310 e. The number of esters is 1. The molecule has 17 heavy (non-hydrogen) atoms. The zero-order valence-corrected chi connectivity index (χ0v) is 11.8. The van der Waals surface area contributed by atoms with Crippen molar-refractivity contribution in [2.24, 2.45) is 0 Å². The molecule has 0 N–H and O–H groups in total. The predicted octanol–water partition coefficient (Wildman–Crippen LogP) is 3.08. The Morgan fingerprint density at radius 1 is 1.59 bits per heavy atom. The molecule has 0 fully saturated rings. The molecule has 0 amide bonds. The van der Waals surface area contributed by atoms with Gasteiger partial charge in [-0.15, -0.1) is 11.6 Å². The number of aromatic nitrogens is 1. The van der Waals surface area contributed by atoms with Crippen LogP contribution in [0.5, 0.6) is 0 Å². The van der Waals surface area contributed by atoms with Crippen LogP contribution in [0.2, 0.25) is 0 Å². The van der Waals surface area contributed by atoms with E-state index < -0.39 is 18.1 Å². The van der Waals surface area contributed by atoms with Crippen LogP contribution in [-0.2, 0) is 21.8 Å². The minimum Gasteiger partial charge on any atom is -0.469 e. The minimum absolute atomic E-state index is 0.0485. The third kappa shape index (κ3) is 3.48. The van der Waals surface area contributed by atoms with Crippen molar-refractivity contribution in [3.05, 3.63) is 26.6 Å². The summed E-state index contributed by atoms with van der Waals surface area (Å²) < 4.78 is 30.7. The second-order valence-corrected chi connectivity index (χ2v) is 4.57. The van der Waals surface area contributed by atoms with E-state index in [1.165, 1.54) is 13.3 Å². The number of carbonyl (C=O) groups is 1. The maximum absolute atomic E-state index is 12.8. The lowest BCUT2D eigenvalue weighted by Gasteiger charge is -2.12. The lowest BCUT2D eigenvalue weighted by atomic mass is 10.0. The molecule has 1 aromatic heterocycles. The van der Waals surface area contributed by atoms with Gasteiger partial charge in [-0.05, 0) is 33.7 Å². The van der Waals surface area contributed by atoms with Gasteiger partial charge in [0, 0.05) is 15.6 Å². The fourth-order valence-corrected chi connectivity index (χ4v) is 2.51. The number of halogens is 4. The van der Waals surface area contributed by atoms with Gasteiger partial charge in [0.15, 0.2) is 0 Å². The van der Waals surface area contributed by atoms with E-state index in [9.17, 15) is 13.6 Å². The third-order valence-electron chi connectivity index (χ3n) is 2.17. The highest BCUT2D eigenvalue weighted by atomic mass is 127. The highest BCUT2D eigenvalue weighted by Crippen LogP contribution is 2.28. The molecule has 0 aliphatic carbocycles. The molecule has 7 heteroatoms. The summed E-state index contributed by atoms with van der Waals surface area (Å²) in [6.07, 6.45) is -1.67. The molecule has 0 radical (unpaired) electrons. The normalized spacial score (nSPS) is 10.7. The quantitative estimate of drug-likeness (QED) is 0.461. The van der Waals surface area contributed by atoms with Gasteiger partial charge in [0.1, 0.15) is 5.69 Å². The molecule has 0 spiro atoms. The maximum Gasteiger partial charge on any atom is 0.310 e. The van der Waals surface area contributed by atoms with E-state index in [1.807, 2.05) is 22.6 Å². The van der Waals surface area contributed by atoms with Crippen molar-refractivity contribution in [2.45, 2.75) is 18.7 Å². The summed E-state index contributed by atoms with van der Waals surface area (Å²) in [5, 5.41) is 0. The molecule has 1 heterocycles. The molecule has 1 aromatic rings. The fourth-order valence-electron chi connectivity index (χ4n) is 1.33. The van der Waals surface area contributed by atoms with Gasteiger partial charge in [0.25, 0.3) is 6.43 Å². The number of hydrogen-bond donors (Lipinski definition) is 0. The van der Waals surface area contributed by atoms with Crippen LogP contribution in [0.25, 0.3) is 0 Å². The number of nitrogens with zero attached hydrogens (tertiary/aromatic N) is 1. The van der Waals surface area contributed by atoms with Gasteiger partial charge < -0.3 is 4.74 Å². The van der Waals surface area contributed by atoms with Crippen molar-refractivity contribution < 1.29 is 18.3 Å². The Kier molecular flexibility index (Phi) is 5.51. The summed E-state index contributed by atoms with van der Waals surface area (Å²) >= 11 is 7.65. The first-order valence-electron chi connectivity index (χ1n) is 4.58. The van der Waals surface area contributed by atoms with Gasteiger partial charge >= 0.3 is 5.97 Å². The summed E-state index contributed by atoms with van der Waals surface area (Å²) in [4.78, 5) is 14.8. The largest absolute Gasteiger partial charge is 0.469 e. The van der Waals surface area contributed by atoms with E-state index in [1.54, 1.807) is 0 Å². The topological polar surface area (TPSA) is 39.2 Å². The number of alkyl halides is 3. The van der Waals surface area contributed by atoms with E-state index in [2.05, 4.69) is 9.72 Å². The molecule has 0 bridgehead atoms. The van der Waals surface area contributed by atoms with Crippen LogP contribution in [0.4, 0.5) is 8.78 Å². The van der Waals surface area contributed by atoms with Crippen molar-refractivity contribution in [3.63, 3.8) is 0 Å². The summed E-state index contributed by atoms with van der Waals surface area (Å²) in [7, 11) is 1.20. The Bertz CT molecular complexity index is 429. The fraction of sp³-hybridized carbons (Fsp3) is 0.400. The molecule has 0 aliphatic heterocycles. The Labute approximate surface area is 116 Å². The van der Waals surface area contributed by atoms with Crippen LogP contribution >= 0.6 is 34.2 Å². The summed E-state index contributed by atoms with van der Waals surface area (Å²) in [5.74, 6) is -0.547. The average molecular weight is 376 g/mol. The molecule has 0 saturated heterocycles. The molecule has 3 nitrogen and oxygen atoms in total. The molecule has 0 aromatic carbocycles. The molecule has 0 atom stereocenters. The van der Waals surface area contributed by atoms with E-state index in [4.69, 9.17) is 11.6 Å². The maximum atomic E-state index is 12.8. The summed E-state index contributed by atoms with van der Waals surface area (Å²) in [6.45, 7) is 0. The van der Waals surface area contributed by atoms with E-state index >= 15 is 0 Å². The van der Waals surface area contributed by atoms with Crippen molar-refractivity contribution >= 4 is 40.2 Å². The van der Waals surface area contributed by atoms with Crippen LogP contribution < -0.4 is 0 Å². The average Bonchev–Trinajstić information content (AvgIpc) is 2.28. The van der Waals surface area contributed by atoms with Crippen LogP contribution in [0.3, 0.4) is 0 Å². The Morgan fingerprint density at radius 3 is 2.71 bits per heavy atom. The van der Waals surface area contributed by atoms with Gasteiger partial charge in [-0.25, -0.2) is 8.78 Å². The Morgan fingerprint density at radius 2 is 2.24 bits per heavy atom. The Balaban J connectivity index is 3.28. The molecule has 94 valence electrons. The number of rotatable bonds is 4. The highest BCUT2D eigenvalue weighted by Gasteiger charge is 2.21. The van der Waals surface area contributed by atoms with Crippen molar-refractivity contribution in [1.82, 2.24) is 4.98 Å². The first kappa shape index (κ1) is 14.6. The third-order valence-corrected chi connectivity index (χ3v) is 3.36. The van der Waals surface area contributed by atoms with Gasteiger partial charge in [0.2, 0.25) is 0 Å². The van der Waals surface area contributed by atoms with Crippen molar-refractivity contribution in [3.8, 4) is 0 Å². The molecule has 0 saturated carbocycles. The number of methoxy groups -OCH3 is 1. The lowest BCUT2D eigenvalue weighted by Crippen LogP contribution is -2.12. The monoisotopic (exact) mass is 375 g/mol. The van der Waals surface area contributed by atoms with Crippen LogP contribution in [0.1, 0.15) is 23.2 Å². The number of ether oxygens (including phenoxy) is 1. The Hall–Kier alpha value is -0.500. The zero-order chi connectivity index (χ0) is 13.0. The minimum atomic E-state index is -2.74. The van der Waals surface area contributed by atoms with E-state index in [-0.39, 0.29) is 17.9 Å². The van der Waals surface area contributed by atoms with Crippen molar-refractivity contribution in [1.29, 1.82) is 0 Å². The lowest BCUT2D eigenvalue weighted by molar-refractivity contribution is -0.139.